The van der Waals surface area contributed by atoms with E-state index in [1.165, 1.54) is 68.9 Å². The minimum Gasteiger partial charge on any atom is -0.309 e. The first kappa shape index (κ1) is 36.0. The second-order valence-electron chi connectivity index (χ2n) is 16.1. The van der Waals surface area contributed by atoms with E-state index >= 15 is 0 Å². The van der Waals surface area contributed by atoms with Crippen LogP contribution in [0.15, 0.2) is 212 Å². The van der Waals surface area contributed by atoms with E-state index < -0.39 is 0 Å². The lowest BCUT2D eigenvalue weighted by Gasteiger charge is -2.10. The van der Waals surface area contributed by atoms with Crippen LogP contribution in [-0.4, -0.2) is 14.5 Å². The van der Waals surface area contributed by atoms with Gasteiger partial charge in [0.1, 0.15) is 0 Å². The molecule has 0 bridgehead atoms. The van der Waals surface area contributed by atoms with Gasteiger partial charge in [0.25, 0.3) is 0 Å². The summed E-state index contributed by atoms with van der Waals surface area (Å²) in [6, 6.07) is 76.6. The lowest BCUT2D eigenvalue weighted by molar-refractivity contribution is 1.18. The van der Waals surface area contributed by atoms with Gasteiger partial charge in [-0.2, -0.15) is 0 Å². The van der Waals surface area contributed by atoms with Gasteiger partial charge in [-0.1, -0.05) is 164 Å². The van der Waals surface area contributed by atoms with Crippen molar-refractivity contribution in [2.24, 2.45) is 0 Å². The molecule has 0 saturated carbocycles. The maximum atomic E-state index is 5.38. The third-order valence-corrected chi connectivity index (χ3v) is 14.8. The van der Waals surface area contributed by atoms with Crippen molar-refractivity contribution >= 4 is 85.0 Å². The summed E-state index contributed by atoms with van der Waals surface area (Å²) in [5.74, 6) is 0.720. The van der Waals surface area contributed by atoms with E-state index in [0.717, 1.165) is 55.1 Å². The molecule has 0 aliphatic rings. The molecule has 294 valence electrons. The highest BCUT2D eigenvalue weighted by Crippen LogP contribution is 2.44. The molecule has 0 radical (unpaired) electrons. The van der Waals surface area contributed by atoms with Crippen LogP contribution < -0.4 is 0 Å². The third kappa shape index (κ3) is 5.93. The molecule has 13 aromatic rings. The number of hydrogen-bond donors (Lipinski definition) is 0. The SMILES string of the molecule is c1ccc(-c2nc(-c3cccc(-c4cccc(-c5cccc6c5sc5ccccc56)c4)c3)nc3c2sc2cc(-c4ccc5c6ccccc6n(-c6ccccc6)c5c4)ccc23)cc1. The van der Waals surface area contributed by atoms with Crippen LogP contribution in [0.3, 0.4) is 0 Å². The molecule has 63 heavy (non-hydrogen) atoms. The molecule has 0 spiro atoms. The van der Waals surface area contributed by atoms with Crippen LogP contribution in [0.2, 0.25) is 0 Å². The quantitative estimate of drug-likeness (QED) is 0.167. The topological polar surface area (TPSA) is 30.7 Å². The molecule has 0 amide bonds. The Morgan fingerprint density at radius 3 is 1.76 bits per heavy atom. The highest BCUT2D eigenvalue weighted by atomic mass is 32.1. The zero-order valence-corrected chi connectivity index (χ0v) is 35.5. The first-order valence-corrected chi connectivity index (χ1v) is 22.9. The predicted octanol–water partition coefficient (Wildman–Crippen LogP) is 16.6. The zero-order chi connectivity index (χ0) is 41.4. The highest BCUT2D eigenvalue weighted by Gasteiger charge is 2.19. The van der Waals surface area contributed by atoms with E-state index in [-0.39, 0.29) is 0 Å². The fraction of sp³-hybridized carbons (Fsp3) is 0. The summed E-state index contributed by atoms with van der Waals surface area (Å²) in [5, 5.41) is 6.27. The molecular weight excluding hydrogens is 803 g/mol. The smallest absolute Gasteiger partial charge is 0.160 e. The first-order valence-electron chi connectivity index (χ1n) is 21.2. The zero-order valence-electron chi connectivity index (χ0n) is 33.9. The minimum atomic E-state index is 0.720. The summed E-state index contributed by atoms with van der Waals surface area (Å²) < 4.78 is 7.30. The minimum absolute atomic E-state index is 0.720. The molecule has 0 atom stereocenters. The number of aromatic nitrogens is 3. The Kier molecular flexibility index (Phi) is 8.26. The standard InChI is InChI=1S/C58H35N3S2/c1-3-14-36(15-4-1)54-57-55(49-31-29-40(35-53(49)63-57)39-28-30-46-45-22-7-9-26-50(45)61(51(46)34-39)43-20-5-2-6-21-43)60-58(59-54)42-19-12-17-38(33-42)37-16-11-18-41(32-37)44-24-13-25-48-47-23-8-10-27-52(47)62-56(44)48/h1-35H. The van der Waals surface area contributed by atoms with Gasteiger partial charge in [0, 0.05) is 57.8 Å². The van der Waals surface area contributed by atoms with Crippen LogP contribution in [0.4, 0.5) is 0 Å². The third-order valence-electron chi connectivity index (χ3n) is 12.4. The lowest BCUT2D eigenvalue weighted by atomic mass is 9.97. The summed E-state index contributed by atoms with van der Waals surface area (Å²) in [6.45, 7) is 0. The van der Waals surface area contributed by atoms with Crippen LogP contribution in [-0.2, 0) is 0 Å². The van der Waals surface area contributed by atoms with Crippen LogP contribution in [0.5, 0.6) is 0 Å². The second-order valence-corrected chi connectivity index (χ2v) is 18.2. The van der Waals surface area contributed by atoms with Crippen molar-refractivity contribution < 1.29 is 0 Å². The second kappa shape index (κ2) is 14.5. The van der Waals surface area contributed by atoms with E-state index in [0.29, 0.717) is 0 Å². The number of nitrogens with zero attached hydrogens (tertiary/aromatic N) is 3. The molecule has 0 saturated heterocycles. The summed E-state index contributed by atoms with van der Waals surface area (Å²) in [5.41, 5.74) is 14.7. The molecule has 0 fully saturated rings. The normalized spacial score (nSPS) is 11.8. The van der Waals surface area contributed by atoms with E-state index in [1.807, 2.05) is 11.3 Å². The van der Waals surface area contributed by atoms with E-state index in [4.69, 9.17) is 9.97 Å². The van der Waals surface area contributed by atoms with E-state index in [1.54, 1.807) is 11.3 Å². The molecule has 13 rings (SSSR count). The maximum absolute atomic E-state index is 5.38. The Morgan fingerprint density at radius 2 is 0.921 bits per heavy atom. The Balaban J connectivity index is 0.923. The van der Waals surface area contributed by atoms with Gasteiger partial charge in [-0.05, 0) is 81.9 Å². The summed E-state index contributed by atoms with van der Waals surface area (Å²) in [7, 11) is 0. The molecular formula is C58H35N3S2. The van der Waals surface area contributed by atoms with Gasteiger partial charge in [0.05, 0.1) is 26.9 Å². The van der Waals surface area contributed by atoms with Crippen molar-refractivity contribution in [3.05, 3.63) is 212 Å². The monoisotopic (exact) mass is 837 g/mol. The van der Waals surface area contributed by atoms with Gasteiger partial charge in [-0.25, -0.2) is 9.97 Å². The lowest BCUT2D eigenvalue weighted by Crippen LogP contribution is -1.94. The van der Waals surface area contributed by atoms with Crippen molar-refractivity contribution in [2.45, 2.75) is 0 Å². The fourth-order valence-electron chi connectivity index (χ4n) is 9.43. The van der Waals surface area contributed by atoms with E-state index in [2.05, 4.69) is 217 Å². The Bertz CT molecular complexity index is 3910. The number of hydrogen-bond acceptors (Lipinski definition) is 4. The number of rotatable bonds is 6. The molecule has 9 aromatic carbocycles. The number of fused-ring (bicyclic) bond motifs is 9. The fourth-order valence-corrected chi connectivity index (χ4v) is 11.9. The Hall–Kier alpha value is -7.70. The van der Waals surface area contributed by atoms with Crippen molar-refractivity contribution in [3.63, 3.8) is 0 Å². The number of benzene rings is 9. The van der Waals surface area contributed by atoms with Gasteiger partial charge in [-0.3, -0.25) is 0 Å². The molecule has 0 unspecified atom stereocenters. The number of para-hydroxylation sites is 2. The summed E-state index contributed by atoms with van der Waals surface area (Å²) in [6.07, 6.45) is 0. The molecule has 0 N–H and O–H groups in total. The molecule has 4 heterocycles. The molecule has 3 nitrogen and oxygen atoms in total. The van der Waals surface area contributed by atoms with Crippen LogP contribution in [0, 0.1) is 0 Å². The first-order chi connectivity index (χ1) is 31.2. The average molecular weight is 838 g/mol. The Labute approximate surface area is 371 Å². The van der Waals surface area contributed by atoms with Crippen molar-refractivity contribution in [3.8, 4) is 61.7 Å². The summed E-state index contributed by atoms with van der Waals surface area (Å²) in [4.78, 5) is 10.7. The average Bonchev–Trinajstić information content (AvgIpc) is 4.03. The molecule has 5 heteroatoms. The van der Waals surface area contributed by atoms with Crippen molar-refractivity contribution in [2.75, 3.05) is 0 Å². The van der Waals surface area contributed by atoms with Crippen LogP contribution >= 0.6 is 22.7 Å². The summed E-state index contributed by atoms with van der Waals surface area (Å²) >= 11 is 3.64. The van der Waals surface area contributed by atoms with Gasteiger partial charge in [0.15, 0.2) is 5.82 Å². The Morgan fingerprint density at radius 1 is 0.333 bits per heavy atom. The van der Waals surface area contributed by atoms with Crippen LogP contribution in [0.1, 0.15) is 0 Å². The molecule has 4 aromatic heterocycles. The van der Waals surface area contributed by atoms with E-state index in [9.17, 15) is 0 Å². The van der Waals surface area contributed by atoms with Crippen LogP contribution in [0.25, 0.3) is 124 Å². The molecule has 0 aliphatic carbocycles. The van der Waals surface area contributed by atoms with Crippen molar-refractivity contribution in [1.82, 2.24) is 14.5 Å². The van der Waals surface area contributed by atoms with Crippen molar-refractivity contribution in [1.29, 1.82) is 0 Å². The van der Waals surface area contributed by atoms with Gasteiger partial charge < -0.3 is 4.57 Å². The van der Waals surface area contributed by atoms with Gasteiger partial charge in [0.2, 0.25) is 0 Å². The van der Waals surface area contributed by atoms with Gasteiger partial charge >= 0.3 is 0 Å². The maximum Gasteiger partial charge on any atom is 0.160 e. The predicted molar refractivity (Wildman–Crippen MR) is 269 cm³/mol. The van der Waals surface area contributed by atoms with Gasteiger partial charge in [-0.15, -0.1) is 22.7 Å². The largest absolute Gasteiger partial charge is 0.309 e. The number of thiophene rings is 2. The highest BCUT2D eigenvalue weighted by molar-refractivity contribution is 7.26. The molecule has 0 aliphatic heterocycles.